The molecule has 0 spiro atoms. The minimum atomic E-state index is -0.438. The van der Waals surface area contributed by atoms with Crippen molar-refractivity contribution in [3.05, 3.63) is 94.1 Å². The van der Waals surface area contributed by atoms with E-state index >= 15 is 0 Å². The molecule has 48 heavy (non-hydrogen) atoms. The zero-order chi connectivity index (χ0) is 34.4. The van der Waals surface area contributed by atoms with Crippen LogP contribution in [0, 0.1) is 12.8 Å². The molecule has 1 N–H and O–H groups in total. The second kappa shape index (κ2) is 15.7. The van der Waals surface area contributed by atoms with Gasteiger partial charge in [0.05, 0.1) is 5.56 Å². The molecule has 4 nitrogen and oxygen atoms in total. The van der Waals surface area contributed by atoms with Crippen LogP contribution in [-0.2, 0) is 18.4 Å². The van der Waals surface area contributed by atoms with Crippen molar-refractivity contribution in [2.75, 3.05) is 13.2 Å². The fraction of sp³-hybridized carbons (Fsp3) is 0.500. The van der Waals surface area contributed by atoms with Crippen LogP contribution in [0.4, 0.5) is 0 Å². The number of unbranched alkanes of at least 4 members (excludes halogenated alkanes) is 4. The van der Waals surface area contributed by atoms with Crippen molar-refractivity contribution >= 4 is 0 Å². The first-order valence-electron chi connectivity index (χ1n) is 18.4. The number of aromatic hydroxyl groups is 1. The van der Waals surface area contributed by atoms with E-state index in [1.54, 1.807) is 0 Å². The molecular weight excluding hydrogens is 592 g/mol. The summed E-state index contributed by atoms with van der Waals surface area (Å²) < 4.78 is 19.9. The summed E-state index contributed by atoms with van der Waals surface area (Å²) in [5.41, 5.74) is 9.87. The molecule has 0 amide bonds. The van der Waals surface area contributed by atoms with Crippen molar-refractivity contribution < 1.29 is 19.3 Å². The number of allylic oxidation sites excluding steroid dienone is 3. The highest BCUT2D eigenvalue weighted by atomic mass is 16.5. The van der Waals surface area contributed by atoms with Gasteiger partial charge in [-0.3, -0.25) is 0 Å². The maximum atomic E-state index is 11.5. The average molecular weight is 651 g/mol. The van der Waals surface area contributed by atoms with Gasteiger partial charge in [-0.25, -0.2) is 0 Å². The van der Waals surface area contributed by atoms with Crippen molar-refractivity contribution in [2.45, 2.75) is 124 Å². The molecule has 5 rings (SSSR count). The molecule has 2 aliphatic rings. The lowest BCUT2D eigenvalue weighted by Crippen LogP contribution is -2.29. The fourth-order valence-electron chi connectivity index (χ4n) is 7.60. The Labute approximate surface area is 290 Å². The molecule has 1 aliphatic heterocycles. The minimum Gasteiger partial charge on any atom is -0.507 e. The Morgan fingerprint density at radius 2 is 1.54 bits per heavy atom. The summed E-state index contributed by atoms with van der Waals surface area (Å²) in [4.78, 5) is 0. The van der Waals surface area contributed by atoms with Crippen LogP contribution in [0.15, 0.2) is 66.3 Å². The molecule has 0 unspecified atom stereocenters. The van der Waals surface area contributed by atoms with E-state index in [-0.39, 0.29) is 11.8 Å². The zero-order valence-corrected chi connectivity index (χ0v) is 30.6. The van der Waals surface area contributed by atoms with Crippen molar-refractivity contribution in [1.82, 2.24) is 0 Å². The van der Waals surface area contributed by atoms with Crippen LogP contribution in [0.1, 0.15) is 127 Å². The molecule has 0 aromatic heterocycles. The number of phenolic OH excluding ortho intramolecular Hbond substituents is 1. The highest BCUT2D eigenvalue weighted by Gasteiger charge is 2.35. The largest absolute Gasteiger partial charge is 0.507 e. The number of fused-ring (bicyclic) bond motifs is 3. The van der Waals surface area contributed by atoms with Crippen molar-refractivity contribution in [3.8, 4) is 34.1 Å². The van der Waals surface area contributed by atoms with E-state index in [1.165, 1.54) is 47.1 Å². The van der Waals surface area contributed by atoms with Crippen molar-refractivity contribution in [3.63, 3.8) is 0 Å². The van der Waals surface area contributed by atoms with E-state index in [0.29, 0.717) is 19.0 Å². The van der Waals surface area contributed by atoms with Gasteiger partial charge in [0.2, 0.25) is 0 Å². The van der Waals surface area contributed by atoms with E-state index < -0.39 is 5.60 Å². The number of phenols is 1. The second-order valence-corrected chi connectivity index (χ2v) is 14.8. The number of hydrogen-bond donors (Lipinski definition) is 1. The summed E-state index contributed by atoms with van der Waals surface area (Å²) in [6.45, 7) is 20.2. The summed E-state index contributed by atoms with van der Waals surface area (Å²) >= 11 is 0. The van der Waals surface area contributed by atoms with Crippen LogP contribution < -0.4 is 14.2 Å². The smallest absolute Gasteiger partial charge is 0.132 e. The molecule has 1 aliphatic carbocycles. The van der Waals surface area contributed by atoms with Crippen LogP contribution in [0.3, 0.4) is 0 Å². The number of hydrogen-bond acceptors (Lipinski definition) is 4. The summed E-state index contributed by atoms with van der Waals surface area (Å²) in [7, 11) is 0. The van der Waals surface area contributed by atoms with Crippen molar-refractivity contribution in [2.24, 2.45) is 5.92 Å². The molecule has 258 valence electrons. The Hall–Kier alpha value is -3.66. The van der Waals surface area contributed by atoms with Crippen LogP contribution >= 0.6 is 0 Å². The van der Waals surface area contributed by atoms with Crippen LogP contribution in [0.5, 0.6) is 23.0 Å². The Balaban J connectivity index is 1.45. The Bertz CT molecular complexity index is 1630. The van der Waals surface area contributed by atoms with E-state index in [2.05, 4.69) is 97.5 Å². The molecular formula is C44H58O4. The zero-order valence-electron chi connectivity index (χ0n) is 30.6. The monoisotopic (exact) mass is 650 g/mol. The number of benzene rings is 3. The third kappa shape index (κ3) is 8.13. The topological polar surface area (TPSA) is 47.9 Å². The third-order valence-electron chi connectivity index (χ3n) is 10.2. The molecule has 0 bridgehead atoms. The van der Waals surface area contributed by atoms with Gasteiger partial charge < -0.3 is 19.3 Å². The van der Waals surface area contributed by atoms with Crippen LogP contribution in [0.2, 0.25) is 0 Å². The quantitative estimate of drug-likeness (QED) is 0.131. The van der Waals surface area contributed by atoms with Gasteiger partial charge in [-0.2, -0.15) is 0 Å². The van der Waals surface area contributed by atoms with Crippen molar-refractivity contribution in [1.29, 1.82) is 0 Å². The molecule has 0 radical (unpaired) electrons. The first-order valence-corrected chi connectivity index (χ1v) is 18.4. The summed E-state index contributed by atoms with van der Waals surface area (Å²) in [5, 5.41) is 11.5. The minimum absolute atomic E-state index is 0.0314. The standard InChI is InChI=1S/C44H58O4/c1-9-11-13-15-32-25-38(45)42(35-23-30(5)17-19-34(35)29(3)4)39(26-32)46-21-22-47-40-27-33(16-14-12-10-2)28-41-43(40)36-24-31(6)18-20-37(36)44(7,8)48-41/h18,20,23-28,34-35,45H,3,9-17,19,21-22H2,1-2,4-8H3/t34-,35+/m0/s1. The highest BCUT2D eigenvalue weighted by Crippen LogP contribution is 2.51. The van der Waals surface area contributed by atoms with Gasteiger partial charge in [0.25, 0.3) is 0 Å². The summed E-state index contributed by atoms with van der Waals surface area (Å²) in [6, 6.07) is 15.2. The molecule has 0 fully saturated rings. The molecule has 2 atom stereocenters. The number of aryl methyl sites for hydroxylation is 3. The third-order valence-corrected chi connectivity index (χ3v) is 10.2. The second-order valence-electron chi connectivity index (χ2n) is 14.8. The van der Waals surface area contributed by atoms with Gasteiger partial charge in [-0.15, -0.1) is 0 Å². The Kier molecular flexibility index (Phi) is 11.7. The summed E-state index contributed by atoms with van der Waals surface area (Å²) in [6.07, 6.45) is 13.2. The SMILES string of the molecule is C=C(C)[C@@H]1CCC(C)=C[C@H]1c1c(O)cc(CCCCC)cc1OCCOc1cc(CCCCC)cc2c1-c1cc(C)ccc1C(C)(C)O2. The van der Waals surface area contributed by atoms with Gasteiger partial charge in [0.1, 0.15) is 41.8 Å². The maximum absolute atomic E-state index is 11.5. The van der Waals surface area contributed by atoms with Gasteiger partial charge in [-0.1, -0.05) is 87.1 Å². The van der Waals surface area contributed by atoms with E-state index in [4.69, 9.17) is 14.2 Å². The molecule has 1 heterocycles. The molecule has 4 heteroatoms. The lowest BCUT2D eigenvalue weighted by atomic mass is 9.73. The first kappa shape index (κ1) is 35.6. The molecule has 3 aromatic rings. The summed E-state index contributed by atoms with van der Waals surface area (Å²) in [5.74, 6) is 3.11. The van der Waals surface area contributed by atoms with Gasteiger partial charge in [-0.05, 0) is 120 Å². The van der Waals surface area contributed by atoms with Crippen LogP contribution in [-0.4, -0.2) is 18.3 Å². The number of rotatable bonds is 15. The molecule has 0 saturated heterocycles. The van der Waals surface area contributed by atoms with E-state index in [1.807, 2.05) is 6.07 Å². The first-order chi connectivity index (χ1) is 23.0. The predicted molar refractivity (Wildman–Crippen MR) is 200 cm³/mol. The van der Waals surface area contributed by atoms with Gasteiger partial charge in [0, 0.05) is 17.0 Å². The number of ether oxygens (including phenoxy) is 3. The predicted octanol–water partition coefficient (Wildman–Crippen LogP) is 11.9. The van der Waals surface area contributed by atoms with Gasteiger partial charge >= 0.3 is 0 Å². The van der Waals surface area contributed by atoms with Crippen LogP contribution in [0.25, 0.3) is 11.1 Å². The van der Waals surface area contributed by atoms with E-state index in [9.17, 15) is 5.11 Å². The van der Waals surface area contributed by atoms with Gasteiger partial charge in [0.15, 0.2) is 0 Å². The molecule has 3 aromatic carbocycles. The maximum Gasteiger partial charge on any atom is 0.132 e. The lowest BCUT2D eigenvalue weighted by Gasteiger charge is -2.36. The molecule has 0 saturated carbocycles. The fourth-order valence-corrected chi connectivity index (χ4v) is 7.60. The average Bonchev–Trinajstić information content (AvgIpc) is 3.02. The normalized spacial score (nSPS) is 17.9. The van der Waals surface area contributed by atoms with E-state index in [0.717, 1.165) is 84.5 Å². The Morgan fingerprint density at radius 3 is 2.21 bits per heavy atom. The highest BCUT2D eigenvalue weighted by molar-refractivity contribution is 5.82. The Morgan fingerprint density at radius 1 is 0.896 bits per heavy atom. The lowest BCUT2D eigenvalue weighted by molar-refractivity contribution is 0.105.